The Bertz CT molecular complexity index is 336. The Balaban J connectivity index is 3.15. The number of hydrogen-bond donors (Lipinski definition) is 1. The zero-order chi connectivity index (χ0) is 10.0. The van der Waals surface area contributed by atoms with Crippen LogP contribution in [-0.2, 0) is 0 Å². The number of anilines is 1. The maximum atomic E-state index is 11.5. The molecule has 0 heterocycles. The third-order valence-electron chi connectivity index (χ3n) is 1.67. The first-order valence-electron chi connectivity index (χ1n) is 3.79. The summed E-state index contributed by atoms with van der Waals surface area (Å²) in [5.74, 6) is -0.141. The normalized spacial score (nSPS) is 9.77. The molecule has 0 spiro atoms. The van der Waals surface area contributed by atoms with Crippen molar-refractivity contribution >= 4 is 23.2 Å². The molecule has 0 aliphatic carbocycles. The van der Waals surface area contributed by atoms with Crippen LogP contribution in [0.25, 0.3) is 0 Å². The topological polar surface area (TPSA) is 46.3 Å². The van der Waals surface area contributed by atoms with Crippen molar-refractivity contribution in [2.24, 2.45) is 0 Å². The fraction of sp³-hybridized carbons (Fsp3) is 0.222. The minimum Gasteiger partial charge on any atom is -0.398 e. The second kappa shape index (κ2) is 3.66. The molecule has 0 unspecified atom stereocenters. The highest BCUT2D eigenvalue weighted by Crippen LogP contribution is 2.23. The SMILES string of the molecule is CN(C)C(=O)c1cccc(N)c1Cl. The predicted molar refractivity (Wildman–Crippen MR) is 53.9 cm³/mol. The number of hydrogen-bond acceptors (Lipinski definition) is 2. The van der Waals surface area contributed by atoms with Crippen LogP contribution >= 0.6 is 11.6 Å². The smallest absolute Gasteiger partial charge is 0.254 e. The molecule has 0 aromatic heterocycles. The molecule has 2 N–H and O–H groups in total. The first-order chi connectivity index (χ1) is 6.04. The molecule has 1 aromatic rings. The van der Waals surface area contributed by atoms with Crippen molar-refractivity contribution in [3.8, 4) is 0 Å². The van der Waals surface area contributed by atoms with Crippen molar-refractivity contribution in [2.75, 3.05) is 19.8 Å². The number of nitrogen functional groups attached to an aromatic ring is 1. The molecule has 0 aliphatic heterocycles. The van der Waals surface area contributed by atoms with Crippen LogP contribution in [0.3, 0.4) is 0 Å². The lowest BCUT2D eigenvalue weighted by Gasteiger charge is -2.11. The van der Waals surface area contributed by atoms with E-state index in [1.807, 2.05) is 0 Å². The summed E-state index contributed by atoms with van der Waals surface area (Å²) in [5, 5.41) is 0.321. The summed E-state index contributed by atoms with van der Waals surface area (Å²) in [6.07, 6.45) is 0. The fourth-order valence-corrected chi connectivity index (χ4v) is 1.16. The number of amides is 1. The number of halogens is 1. The van der Waals surface area contributed by atoms with Gasteiger partial charge in [-0.2, -0.15) is 0 Å². The lowest BCUT2D eigenvalue weighted by Crippen LogP contribution is -2.22. The number of carbonyl (C=O) groups excluding carboxylic acids is 1. The standard InChI is InChI=1S/C9H11ClN2O/c1-12(2)9(13)6-4-3-5-7(11)8(6)10/h3-5H,11H2,1-2H3. The zero-order valence-corrected chi connectivity index (χ0v) is 8.30. The molecule has 0 saturated carbocycles. The average Bonchev–Trinajstić information content (AvgIpc) is 2.08. The van der Waals surface area contributed by atoms with E-state index < -0.39 is 0 Å². The van der Waals surface area contributed by atoms with Crippen LogP contribution in [-0.4, -0.2) is 24.9 Å². The average molecular weight is 199 g/mol. The Morgan fingerprint density at radius 3 is 2.62 bits per heavy atom. The lowest BCUT2D eigenvalue weighted by molar-refractivity contribution is 0.0828. The Hall–Kier alpha value is -1.22. The molecule has 0 bridgehead atoms. The van der Waals surface area contributed by atoms with Gasteiger partial charge >= 0.3 is 0 Å². The number of nitrogens with two attached hydrogens (primary N) is 1. The van der Waals surface area contributed by atoms with Gasteiger partial charge in [0.25, 0.3) is 5.91 Å². The van der Waals surface area contributed by atoms with Gasteiger partial charge in [-0.05, 0) is 12.1 Å². The number of rotatable bonds is 1. The van der Waals surface area contributed by atoms with Gasteiger partial charge in [-0.3, -0.25) is 4.79 Å². The van der Waals surface area contributed by atoms with Crippen molar-refractivity contribution in [3.63, 3.8) is 0 Å². The minimum atomic E-state index is -0.141. The molecule has 1 rings (SSSR count). The monoisotopic (exact) mass is 198 g/mol. The van der Waals surface area contributed by atoms with Crippen LogP contribution < -0.4 is 5.73 Å². The second-order valence-electron chi connectivity index (χ2n) is 2.91. The van der Waals surface area contributed by atoms with Gasteiger partial charge in [0.05, 0.1) is 16.3 Å². The highest BCUT2D eigenvalue weighted by atomic mass is 35.5. The Morgan fingerprint density at radius 1 is 1.46 bits per heavy atom. The molecular formula is C9H11ClN2O. The molecule has 4 heteroatoms. The van der Waals surface area contributed by atoms with E-state index in [0.29, 0.717) is 16.3 Å². The molecule has 0 radical (unpaired) electrons. The van der Waals surface area contributed by atoms with Crippen LogP contribution in [0.1, 0.15) is 10.4 Å². The van der Waals surface area contributed by atoms with Gasteiger partial charge < -0.3 is 10.6 Å². The van der Waals surface area contributed by atoms with E-state index in [1.54, 1.807) is 32.3 Å². The van der Waals surface area contributed by atoms with Gasteiger partial charge in [0.15, 0.2) is 0 Å². The van der Waals surface area contributed by atoms with E-state index in [9.17, 15) is 4.79 Å². The van der Waals surface area contributed by atoms with E-state index in [2.05, 4.69) is 0 Å². The van der Waals surface area contributed by atoms with Gasteiger partial charge in [0.2, 0.25) is 0 Å². The maximum Gasteiger partial charge on any atom is 0.254 e. The summed E-state index contributed by atoms with van der Waals surface area (Å²) in [6.45, 7) is 0. The van der Waals surface area contributed by atoms with Gasteiger partial charge in [-0.25, -0.2) is 0 Å². The summed E-state index contributed by atoms with van der Waals surface area (Å²) < 4.78 is 0. The van der Waals surface area contributed by atoms with Crippen molar-refractivity contribution in [1.82, 2.24) is 4.90 Å². The molecule has 0 fully saturated rings. The third kappa shape index (κ3) is 1.92. The van der Waals surface area contributed by atoms with E-state index in [4.69, 9.17) is 17.3 Å². The minimum absolute atomic E-state index is 0.141. The quantitative estimate of drug-likeness (QED) is 0.698. The van der Waals surface area contributed by atoms with Crippen molar-refractivity contribution in [2.45, 2.75) is 0 Å². The summed E-state index contributed by atoms with van der Waals surface area (Å²) in [6, 6.07) is 5.02. The van der Waals surface area contributed by atoms with E-state index in [-0.39, 0.29) is 5.91 Å². The summed E-state index contributed by atoms with van der Waals surface area (Å²) in [4.78, 5) is 13.0. The first-order valence-corrected chi connectivity index (χ1v) is 4.17. The van der Waals surface area contributed by atoms with Crippen molar-refractivity contribution < 1.29 is 4.79 Å². The maximum absolute atomic E-state index is 11.5. The van der Waals surface area contributed by atoms with Gasteiger partial charge in [-0.1, -0.05) is 17.7 Å². The van der Waals surface area contributed by atoms with Gasteiger partial charge in [-0.15, -0.1) is 0 Å². The molecule has 13 heavy (non-hydrogen) atoms. The molecule has 70 valence electrons. The van der Waals surface area contributed by atoms with Crippen LogP contribution in [0.15, 0.2) is 18.2 Å². The summed E-state index contributed by atoms with van der Waals surface area (Å²) in [5.41, 5.74) is 6.42. The predicted octanol–water partition coefficient (Wildman–Crippen LogP) is 1.62. The van der Waals surface area contributed by atoms with E-state index >= 15 is 0 Å². The molecule has 1 aromatic carbocycles. The van der Waals surface area contributed by atoms with Crippen molar-refractivity contribution in [1.29, 1.82) is 0 Å². The number of benzene rings is 1. The third-order valence-corrected chi connectivity index (χ3v) is 2.09. The van der Waals surface area contributed by atoms with Crippen LogP contribution in [0.2, 0.25) is 5.02 Å². The van der Waals surface area contributed by atoms with Crippen LogP contribution in [0.5, 0.6) is 0 Å². The number of nitrogens with zero attached hydrogens (tertiary/aromatic N) is 1. The molecule has 0 atom stereocenters. The molecular weight excluding hydrogens is 188 g/mol. The van der Waals surface area contributed by atoms with Crippen molar-refractivity contribution in [3.05, 3.63) is 28.8 Å². The second-order valence-corrected chi connectivity index (χ2v) is 3.29. The number of carbonyl (C=O) groups is 1. The van der Waals surface area contributed by atoms with Crippen LogP contribution in [0.4, 0.5) is 5.69 Å². The van der Waals surface area contributed by atoms with Gasteiger partial charge in [0.1, 0.15) is 0 Å². The summed E-state index contributed by atoms with van der Waals surface area (Å²) >= 11 is 5.86. The zero-order valence-electron chi connectivity index (χ0n) is 7.54. The molecule has 0 aliphatic rings. The largest absolute Gasteiger partial charge is 0.398 e. The highest BCUT2D eigenvalue weighted by molar-refractivity contribution is 6.36. The molecule has 1 amide bonds. The Morgan fingerprint density at radius 2 is 2.08 bits per heavy atom. The van der Waals surface area contributed by atoms with Crippen LogP contribution in [0, 0.1) is 0 Å². The van der Waals surface area contributed by atoms with E-state index in [1.165, 1.54) is 4.90 Å². The van der Waals surface area contributed by atoms with E-state index in [0.717, 1.165) is 0 Å². The molecule has 3 nitrogen and oxygen atoms in total. The summed E-state index contributed by atoms with van der Waals surface area (Å²) in [7, 11) is 3.34. The molecule has 0 saturated heterocycles. The highest BCUT2D eigenvalue weighted by Gasteiger charge is 2.13. The fourth-order valence-electron chi connectivity index (χ4n) is 0.956. The lowest BCUT2D eigenvalue weighted by atomic mass is 10.2. The Kier molecular flexibility index (Phi) is 2.78. The first kappa shape index (κ1) is 9.86. The van der Waals surface area contributed by atoms with Gasteiger partial charge in [0, 0.05) is 14.1 Å². The Labute approximate surface area is 82.1 Å².